The molecule has 5 aromatic rings. The lowest BCUT2D eigenvalue weighted by molar-refractivity contribution is -0.165. The van der Waals surface area contributed by atoms with Gasteiger partial charge in [0, 0.05) is 31.7 Å². The van der Waals surface area contributed by atoms with Crippen molar-refractivity contribution in [3.05, 3.63) is 42.7 Å². The van der Waals surface area contributed by atoms with Crippen LogP contribution in [0.3, 0.4) is 0 Å². The number of imidazole rings is 1. The second-order valence-electron chi connectivity index (χ2n) is 10.1. The Labute approximate surface area is 228 Å². The Morgan fingerprint density at radius 3 is 2.66 bits per heavy atom. The quantitative estimate of drug-likeness (QED) is 0.280. The van der Waals surface area contributed by atoms with E-state index in [4.69, 9.17) is 20.1 Å². The first-order chi connectivity index (χ1) is 19.7. The van der Waals surface area contributed by atoms with Gasteiger partial charge in [-0.1, -0.05) is 5.16 Å². The van der Waals surface area contributed by atoms with E-state index in [-0.39, 0.29) is 36.3 Å². The zero-order valence-corrected chi connectivity index (χ0v) is 21.4. The number of nitrogens with two attached hydrogens (primary N) is 1. The highest BCUT2D eigenvalue weighted by Gasteiger charge is 2.66. The van der Waals surface area contributed by atoms with E-state index < -0.39 is 17.6 Å². The maximum Gasteiger partial charge on any atom is 0.401 e. The molecule has 2 amide bonds. The average Bonchev–Trinajstić information content (AvgIpc) is 3.26. The van der Waals surface area contributed by atoms with Crippen LogP contribution in [0.2, 0.25) is 0 Å². The van der Waals surface area contributed by atoms with Gasteiger partial charge in [-0.2, -0.15) is 18.3 Å². The summed E-state index contributed by atoms with van der Waals surface area (Å²) in [6.07, 6.45) is 1.62. The van der Waals surface area contributed by atoms with E-state index in [1.807, 2.05) is 4.68 Å². The Balaban J connectivity index is 1.18. The number of nitrogens with one attached hydrogen (secondary N) is 2. The predicted octanol–water partition coefficient (Wildman–Crippen LogP) is 4.30. The third-order valence-electron chi connectivity index (χ3n) is 7.61. The van der Waals surface area contributed by atoms with Crippen LogP contribution in [0.4, 0.5) is 35.3 Å². The Morgan fingerprint density at radius 2 is 1.90 bits per heavy atom. The van der Waals surface area contributed by atoms with Gasteiger partial charge in [0.15, 0.2) is 22.9 Å². The SMILES string of the molecule is Nc1ncnc2c1c(-c1ccc(NC(=O)Nc3cc(C4(C(F)(F)F)CC4)on3)c3nccn13)nn2C1CCOCC1. The highest BCUT2D eigenvalue weighted by atomic mass is 19.4. The second-order valence-corrected chi connectivity index (χ2v) is 10.1. The van der Waals surface area contributed by atoms with E-state index in [9.17, 15) is 18.0 Å². The Kier molecular flexibility index (Phi) is 5.64. The van der Waals surface area contributed by atoms with Crippen LogP contribution in [0.25, 0.3) is 28.1 Å². The standard InChI is InChI=1S/C25H23F3N10O3/c26-25(27,28)24(5-6-24)16-11-17(36-41-16)34-23(39)33-14-1-2-15(37-8-7-30-21(14)37)19-18-20(29)31-12-32-22(18)38(35-19)13-3-9-40-10-4-13/h1-2,7-8,11-13H,3-6,9-10H2,(H2,29,31,32)(H2,33,34,36,39). The number of ether oxygens (including phenoxy) is 1. The second kappa shape index (κ2) is 9.15. The molecule has 16 heteroatoms. The molecule has 7 rings (SSSR count). The van der Waals surface area contributed by atoms with E-state index in [0.29, 0.717) is 47.0 Å². The molecule has 1 aliphatic heterocycles. The van der Waals surface area contributed by atoms with Crippen molar-refractivity contribution in [2.75, 3.05) is 29.6 Å². The molecule has 1 aliphatic carbocycles. The molecule has 0 radical (unpaired) electrons. The molecule has 212 valence electrons. The summed E-state index contributed by atoms with van der Waals surface area (Å²) in [4.78, 5) is 25.8. The number of pyridine rings is 1. The molecule has 0 spiro atoms. The van der Waals surface area contributed by atoms with Crippen LogP contribution in [-0.2, 0) is 10.2 Å². The van der Waals surface area contributed by atoms with E-state index in [0.717, 1.165) is 18.9 Å². The summed E-state index contributed by atoms with van der Waals surface area (Å²) in [5.74, 6) is -0.177. The molecule has 5 aromatic heterocycles. The minimum Gasteiger partial charge on any atom is -0.383 e. The number of hydrogen-bond donors (Lipinski definition) is 3. The third kappa shape index (κ3) is 4.13. The Hall–Kier alpha value is -4.73. The van der Waals surface area contributed by atoms with E-state index >= 15 is 0 Å². The summed E-state index contributed by atoms with van der Waals surface area (Å²) < 4.78 is 54.2. The third-order valence-corrected chi connectivity index (χ3v) is 7.61. The topological polar surface area (TPSA) is 163 Å². The van der Waals surface area contributed by atoms with Crippen molar-refractivity contribution in [2.45, 2.75) is 43.3 Å². The molecular formula is C25H23F3N10O3. The molecule has 2 aliphatic rings. The first-order valence-corrected chi connectivity index (χ1v) is 12.9. The van der Waals surface area contributed by atoms with Crippen molar-refractivity contribution >= 4 is 40.0 Å². The Morgan fingerprint density at radius 1 is 1.10 bits per heavy atom. The number of fused-ring (bicyclic) bond motifs is 2. The van der Waals surface area contributed by atoms with Gasteiger partial charge in [-0.3, -0.25) is 9.72 Å². The van der Waals surface area contributed by atoms with Crippen LogP contribution < -0.4 is 16.4 Å². The number of carbonyl (C=O) groups excluding carboxylic acids is 1. The van der Waals surface area contributed by atoms with Crippen molar-refractivity contribution in [3.63, 3.8) is 0 Å². The normalized spacial score (nSPS) is 17.2. The lowest BCUT2D eigenvalue weighted by Crippen LogP contribution is -2.28. The fourth-order valence-electron chi connectivity index (χ4n) is 5.29. The maximum absolute atomic E-state index is 13.4. The van der Waals surface area contributed by atoms with Gasteiger partial charge in [0.2, 0.25) is 0 Å². The van der Waals surface area contributed by atoms with E-state index in [1.54, 1.807) is 28.9 Å². The molecule has 0 bridgehead atoms. The van der Waals surface area contributed by atoms with Crippen molar-refractivity contribution in [2.24, 2.45) is 0 Å². The monoisotopic (exact) mass is 568 g/mol. The molecule has 6 heterocycles. The lowest BCUT2D eigenvalue weighted by atomic mass is 10.0. The van der Waals surface area contributed by atoms with Gasteiger partial charge < -0.3 is 20.3 Å². The fraction of sp³-hybridized carbons (Fsp3) is 0.360. The van der Waals surface area contributed by atoms with E-state index in [1.165, 1.54) is 6.33 Å². The van der Waals surface area contributed by atoms with Gasteiger partial charge in [-0.05, 0) is 37.8 Å². The summed E-state index contributed by atoms with van der Waals surface area (Å²) in [5, 5.41) is 14.2. The minimum atomic E-state index is -4.46. The first-order valence-electron chi connectivity index (χ1n) is 12.9. The molecule has 0 unspecified atom stereocenters. The highest BCUT2D eigenvalue weighted by Crippen LogP contribution is 2.59. The number of rotatable bonds is 5. The summed E-state index contributed by atoms with van der Waals surface area (Å²) in [6.45, 7) is 1.24. The van der Waals surface area contributed by atoms with Crippen molar-refractivity contribution < 1.29 is 27.2 Å². The van der Waals surface area contributed by atoms with Crippen molar-refractivity contribution in [1.29, 1.82) is 0 Å². The number of nitrogens with zero attached hydrogens (tertiary/aromatic N) is 7. The number of amides is 2. The number of aromatic nitrogens is 7. The number of alkyl halides is 3. The number of anilines is 3. The maximum atomic E-state index is 13.4. The van der Waals surface area contributed by atoms with Gasteiger partial charge in [0.1, 0.15) is 23.3 Å². The molecule has 41 heavy (non-hydrogen) atoms. The number of nitrogen functional groups attached to an aromatic ring is 1. The predicted molar refractivity (Wildman–Crippen MR) is 139 cm³/mol. The van der Waals surface area contributed by atoms with Crippen LogP contribution in [0, 0.1) is 0 Å². The van der Waals surface area contributed by atoms with Crippen LogP contribution in [0.15, 0.2) is 41.4 Å². The number of urea groups is 1. The summed E-state index contributed by atoms with van der Waals surface area (Å²) in [5.41, 5.74) is 6.79. The molecule has 1 saturated heterocycles. The van der Waals surface area contributed by atoms with Crippen molar-refractivity contribution in [1.82, 2.24) is 34.3 Å². The molecule has 2 fully saturated rings. The zero-order chi connectivity index (χ0) is 28.4. The lowest BCUT2D eigenvalue weighted by Gasteiger charge is -2.22. The van der Waals surface area contributed by atoms with Crippen LogP contribution >= 0.6 is 0 Å². The largest absolute Gasteiger partial charge is 0.401 e. The number of halogens is 3. The molecular weight excluding hydrogens is 545 g/mol. The van der Waals surface area contributed by atoms with Crippen LogP contribution in [-0.4, -0.2) is 59.7 Å². The number of carbonyl (C=O) groups is 1. The Bertz CT molecular complexity index is 1780. The average molecular weight is 569 g/mol. The van der Waals surface area contributed by atoms with Crippen molar-refractivity contribution in [3.8, 4) is 11.4 Å². The van der Waals surface area contributed by atoms with Gasteiger partial charge in [0.05, 0.1) is 22.8 Å². The highest BCUT2D eigenvalue weighted by molar-refractivity contribution is 6.02. The van der Waals surface area contributed by atoms with Gasteiger partial charge in [-0.25, -0.2) is 24.4 Å². The minimum absolute atomic E-state index is 0.0814. The molecule has 0 aromatic carbocycles. The summed E-state index contributed by atoms with van der Waals surface area (Å²) in [6, 6.07) is 3.85. The van der Waals surface area contributed by atoms with E-state index in [2.05, 4.69) is 30.7 Å². The molecule has 4 N–H and O–H groups in total. The summed E-state index contributed by atoms with van der Waals surface area (Å²) in [7, 11) is 0. The first kappa shape index (κ1) is 25.3. The fourth-order valence-corrected chi connectivity index (χ4v) is 5.29. The van der Waals surface area contributed by atoms with Gasteiger partial charge in [0.25, 0.3) is 0 Å². The van der Waals surface area contributed by atoms with Crippen LogP contribution in [0.1, 0.15) is 37.5 Å². The smallest absolute Gasteiger partial charge is 0.383 e. The zero-order valence-electron chi connectivity index (χ0n) is 21.4. The number of hydrogen-bond acceptors (Lipinski definition) is 9. The van der Waals surface area contributed by atoms with Crippen LogP contribution in [0.5, 0.6) is 0 Å². The molecule has 0 atom stereocenters. The van der Waals surface area contributed by atoms with Gasteiger partial charge in [-0.15, -0.1) is 0 Å². The summed E-state index contributed by atoms with van der Waals surface area (Å²) >= 11 is 0. The molecule has 13 nitrogen and oxygen atoms in total. The van der Waals surface area contributed by atoms with Gasteiger partial charge >= 0.3 is 12.2 Å². The molecule has 1 saturated carbocycles.